The molecule has 0 saturated heterocycles. The molecule has 0 spiro atoms. The Morgan fingerprint density at radius 2 is 1.60 bits per heavy atom. The molecule has 0 bridgehead atoms. The quantitative estimate of drug-likeness (QED) is 0.590. The molecule has 1 aliphatic rings. The van der Waals surface area contributed by atoms with Crippen molar-refractivity contribution >= 4 is 22.6 Å². The molecule has 1 aromatic heterocycles. The summed E-state index contributed by atoms with van der Waals surface area (Å²) in [5.74, 6) is 1.32. The van der Waals surface area contributed by atoms with Crippen LogP contribution in [0, 0.1) is 0 Å². The lowest BCUT2D eigenvalue weighted by Gasteiger charge is -2.19. The summed E-state index contributed by atoms with van der Waals surface area (Å²) in [5.41, 5.74) is 0. The van der Waals surface area contributed by atoms with Crippen LogP contribution in [0.2, 0.25) is 0 Å². The van der Waals surface area contributed by atoms with E-state index in [0.717, 1.165) is 9.75 Å². The molecule has 5 heteroatoms. The van der Waals surface area contributed by atoms with Gasteiger partial charge in [-0.05, 0) is 25.7 Å². The molecular weight excluding hydrogens is 303 g/mol. The maximum Gasteiger partial charge on any atom is 0.176 e. The Bertz CT molecular complexity index is 283. The Labute approximate surface area is 103 Å². The van der Waals surface area contributed by atoms with E-state index in [-0.39, 0.29) is 0 Å². The van der Waals surface area contributed by atoms with Crippen molar-refractivity contribution in [2.24, 2.45) is 0 Å². The maximum atomic E-state index is 4.07. The molecular formula is C10H15IN4. The van der Waals surface area contributed by atoms with Crippen LogP contribution in [0.1, 0.15) is 50.3 Å². The average Bonchev–Trinajstić information content (AvgIpc) is 2.24. The number of nitrogens with zero attached hydrogens (tertiary/aromatic N) is 4. The summed E-state index contributed by atoms with van der Waals surface area (Å²) in [6.45, 7) is 0. The lowest BCUT2D eigenvalue weighted by Crippen LogP contribution is -2.11. The summed E-state index contributed by atoms with van der Waals surface area (Å²) >= 11 is 2.56. The van der Waals surface area contributed by atoms with E-state index in [1.807, 2.05) is 0 Å². The predicted octanol–water partition coefficient (Wildman–Crippen LogP) is 2.51. The number of aromatic nitrogens is 4. The molecule has 0 aromatic carbocycles. The first-order valence-electron chi connectivity index (χ1n) is 5.50. The highest BCUT2D eigenvalue weighted by Gasteiger charge is 2.19. The highest BCUT2D eigenvalue weighted by atomic mass is 127. The number of hydrogen-bond donors (Lipinski definition) is 0. The molecule has 1 heterocycles. The third kappa shape index (κ3) is 3.32. The standard InChI is InChI=1S/C10H15IN4/c11-9-5-1-3-8(4-2-6-9)10-14-12-7-13-15-10/h7-9H,1-6H2. The second-order valence-corrected chi connectivity index (χ2v) is 5.82. The van der Waals surface area contributed by atoms with Gasteiger partial charge in [0, 0.05) is 9.84 Å². The van der Waals surface area contributed by atoms with E-state index < -0.39 is 0 Å². The van der Waals surface area contributed by atoms with Crippen molar-refractivity contribution in [1.29, 1.82) is 0 Å². The fourth-order valence-corrected chi connectivity index (χ4v) is 2.98. The van der Waals surface area contributed by atoms with E-state index in [0.29, 0.717) is 5.92 Å². The number of halogens is 1. The molecule has 0 aliphatic heterocycles. The van der Waals surface area contributed by atoms with Crippen LogP contribution >= 0.6 is 22.6 Å². The molecule has 0 atom stereocenters. The molecule has 1 aliphatic carbocycles. The molecule has 0 radical (unpaired) electrons. The van der Waals surface area contributed by atoms with Crippen LogP contribution in [0.3, 0.4) is 0 Å². The molecule has 1 aromatic rings. The zero-order valence-electron chi connectivity index (χ0n) is 8.64. The first kappa shape index (κ1) is 11.2. The van der Waals surface area contributed by atoms with Gasteiger partial charge in [-0.2, -0.15) is 0 Å². The fourth-order valence-electron chi connectivity index (χ4n) is 2.09. The highest BCUT2D eigenvalue weighted by molar-refractivity contribution is 14.1. The first-order chi connectivity index (χ1) is 7.36. The van der Waals surface area contributed by atoms with Crippen LogP contribution in [0.5, 0.6) is 0 Å². The van der Waals surface area contributed by atoms with Crippen LogP contribution in [-0.2, 0) is 0 Å². The van der Waals surface area contributed by atoms with Gasteiger partial charge in [-0.3, -0.25) is 0 Å². The normalized spacial score (nSPS) is 28.1. The SMILES string of the molecule is IC1CCCC(c2nncnn2)CCC1. The molecule has 1 fully saturated rings. The van der Waals surface area contributed by atoms with Gasteiger partial charge in [0.2, 0.25) is 0 Å². The Morgan fingerprint density at radius 1 is 1.00 bits per heavy atom. The summed E-state index contributed by atoms with van der Waals surface area (Å²) in [6, 6.07) is 0. The van der Waals surface area contributed by atoms with Gasteiger partial charge < -0.3 is 0 Å². The lowest BCUT2D eigenvalue weighted by atomic mass is 9.91. The van der Waals surface area contributed by atoms with Crippen molar-refractivity contribution in [2.75, 3.05) is 0 Å². The number of hydrogen-bond acceptors (Lipinski definition) is 4. The smallest absolute Gasteiger partial charge is 0.135 e. The monoisotopic (exact) mass is 318 g/mol. The predicted molar refractivity (Wildman–Crippen MR) is 65.9 cm³/mol. The van der Waals surface area contributed by atoms with E-state index >= 15 is 0 Å². The summed E-state index contributed by atoms with van der Waals surface area (Å²) in [5, 5.41) is 15.7. The summed E-state index contributed by atoms with van der Waals surface area (Å²) in [4.78, 5) is 0. The average molecular weight is 318 g/mol. The molecule has 15 heavy (non-hydrogen) atoms. The minimum Gasteiger partial charge on any atom is -0.135 e. The van der Waals surface area contributed by atoms with Crippen molar-refractivity contribution in [1.82, 2.24) is 20.4 Å². The van der Waals surface area contributed by atoms with Crippen LogP contribution in [-0.4, -0.2) is 24.3 Å². The van der Waals surface area contributed by atoms with Crippen LogP contribution < -0.4 is 0 Å². The highest BCUT2D eigenvalue weighted by Crippen LogP contribution is 2.30. The minimum absolute atomic E-state index is 0.482. The molecule has 0 amide bonds. The van der Waals surface area contributed by atoms with E-state index in [1.54, 1.807) is 0 Å². The van der Waals surface area contributed by atoms with Crippen LogP contribution in [0.15, 0.2) is 6.33 Å². The van der Waals surface area contributed by atoms with Crippen molar-refractivity contribution in [3.63, 3.8) is 0 Å². The van der Waals surface area contributed by atoms with E-state index in [1.165, 1.54) is 44.9 Å². The molecule has 2 rings (SSSR count). The largest absolute Gasteiger partial charge is 0.176 e. The Kier molecular flexibility index (Phi) is 4.22. The van der Waals surface area contributed by atoms with Gasteiger partial charge in [-0.1, -0.05) is 35.4 Å². The second-order valence-electron chi connectivity index (χ2n) is 4.06. The third-order valence-corrected chi connectivity index (χ3v) is 4.17. The van der Waals surface area contributed by atoms with Crippen LogP contribution in [0.25, 0.3) is 0 Å². The van der Waals surface area contributed by atoms with E-state index in [2.05, 4.69) is 43.0 Å². The topological polar surface area (TPSA) is 51.6 Å². The Morgan fingerprint density at radius 3 is 2.20 bits per heavy atom. The Hall–Kier alpha value is -0.330. The zero-order chi connectivity index (χ0) is 10.5. The van der Waals surface area contributed by atoms with Gasteiger partial charge in [0.25, 0.3) is 0 Å². The van der Waals surface area contributed by atoms with Crippen molar-refractivity contribution in [2.45, 2.75) is 48.4 Å². The minimum atomic E-state index is 0.482. The molecule has 0 N–H and O–H groups in total. The first-order valence-corrected chi connectivity index (χ1v) is 6.75. The molecule has 1 saturated carbocycles. The van der Waals surface area contributed by atoms with E-state index in [4.69, 9.17) is 0 Å². The van der Waals surface area contributed by atoms with Gasteiger partial charge in [0.05, 0.1) is 0 Å². The van der Waals surface area contributed by atoms with Gasteiger partial charge in [-0.15, -0.1) is 20.4 Å². The van der Waals surface area contributed by atoms with Crippen molar-refractivity contribution < 1.29 is 0 Å². The van der Waals surface area contributed by atoms with Gasteiger partial charge in [0.15, 0.2) is 12.2 Å². The van der Waals surface area contributed by atoms with Gasteiger partial charge >= 0.3 is 0 Å². The van der Waals surface area contributed by atoms with Crippen molar-refractivity contribution in [3.05, 3.63) is 12.2 Å². The maximum absolute atomic E-state index is 4.07. The molecule has 4 nitrogen and oxygen atoms in total. The number of rotatable bonds is 1. The number of alkyl halides is 1. The summed E-state index contributed by atoms with van der Waals surface area (Å²) < 4.78 is 0.858. The second kappa shape index (κ2) is 5.67. The molecule has 82 valence electrons. The van der Waals surface area contributed by atoms with E-state index in [9.17, 15) is 0 Å². The zero-order valence-corrected chi connectivity index (χ0v) is 10.8. The molecule has 0 unspecified atom stereocenters. The van der Waals surface area contributed by atoms with Crippen molar-refractivity contribution in [3.8, 4) is 0 Å². The van der Waals surface area contributed by atoms with Crippen LogP contribution in [0.4, 0.5) is 0 Å². The fraction of sp³-hybridized carbons (Fsp3) is 0.800. The van der Waals surface area contributed by atoms with Gasteiger partial charge in [-0.25, -0.2) is 0 Å². The Balaban J connectivity index is 1.98. The third-order valence-electron chi connectivity index (χ3n) is 2.93. The summed E-state index contributed by atoms with van der Waals surface area (Å²) in [7, 11) is 0. The summed E-state index contributed by atoms with van der Waals surface area (Å²) in [6.07, 6.45) is 8.97. The lowest BCUT2D eigenvalue weighted by molar-refractivity contribution is 0.445. The van der Waals surface area contributed by atoms with Gasteiger partial charge in [0.1, 0.15) is 0 Å².